The monoisotopic (exact) mass is 298 g/mol. The molecule has 0 fully saturated rings. The second-order valence-corrected chi connectivity index (χ2v) is 6.19. The minimum atomic E-state index is 0.281. The van der Waals surface area contributed by atoms with Crippen LogP contribution in [0, 0.1) is 0 Å². The summed E-state index contributed by atoms with van der Waals surface area (Å²) >= 11 is 0. The highest BCUT2D eigenvalue weighted by Crippen LogP contribution is 2.06. The molecule has 3 heteroatoms. The van der Waals surface area contributed by atoms with E-state index in [9.17, 15) is 4.79 Å². The van der Waals surface area contributed by atoms with E-state index in [0.717, 1.165) is 32.4 Å². The van der Waals surface area contributed by atoms with Gasteiger partial charge in [-0.1, -0.05) is 59.3 Å². The first kappa shape index (κ1) is 20.4. The molecule has 0 aromatic carbocycles. The number of nitrogens with zero attached hydrogens (tertiary/aromatic N) is 1. The molecule has 0 spiro atoms. The number of amides is 1. The number of nitrogens with one attached hydrogen (secondary N) is 1. The summed E-state index contributed by atoms with van der Waals surface area (Å²) in [4.78, 5) is 14.4. The Morgan fingerprint density at radius 3 is 1.86 bits per heavy atom. The van der Waals surface area contributed by atoms with E-state index >= 15 is 0 Å². The molecule has 0 heterocycles. The second kappa shape index (κ2) is 14.4. The van der Waals surface area contributed by atoms with Crippen molar-refractivity contribution in [1.29, 1.82) is 0 Å². The van der Waals surface area contributed by atoms with Crippen molar-refractivity contribution in [1.82, 2.24) is 10.2 Å². The van der Waals surface area contributed by atoms with Gasteiger partial charge in [0.2, 0.25) is 5.91 Å². The average molecular weight is 299 g/mol. The molecule has 0 bridgehead atoms. The van der Waals surface area contributed by atoms with E-state index in [0.29, 0.717) is 12.6 Å². The molecule has 126 valence electrons. The van der Waals surface area contributed by atoms with Crippen molar-refractivity contribution < 1.29 is 4.79 Å². The average Bonchev–Trinajstić information content (AvgIpc) is 2.50. The number of hydrogen-bond acceptors (Lipinski definition) is 2. The molecule has 0 aliphatic carbocycles. The molecule has 0 aliphatic heterocycles. The van der Waals surface area contributed by atoms with Gasteiger partial charge in [0.15, 0.2) is 0 Å². The van der Waals surface area contributed by atoms with Crippen LogP contribution >= 0.6 is 0 Å². The summed E-state index contributed by atoms with van der Waals surface area (Å²) in [6, 6.07) is 0.427. The van der Waals surface area contributed by atoms with E-state index in [1.165, 1.54) is 38.5 Å². The van der Waals surface area contributed by atoms with E-state index < -0.39 is 0 Å². The SMILES string of the molecule is CCCCCCN(CCCCCC)C(=O)CNC(C)CC. The van der Waals surface area contributed by atoms with Gasteiger partial charge in [-0.2, -0.15) is 0 Å². The molecule has 0 saturated carbocycles. The predicted octanol–water partition coefficient (Wildman–Crippen LogP) is 4.36. The molecule has 1 atom stereocenters. The molecule has 0 saturated heterocycles. The maximum absolute atomic E-state index is 12.4. The highest BCUT2D eigenvalue weighted by Gasteiger charge is 2.13. The Morgan fingerprint density at radius 2 is 1.43 bits per heavy atom. The van der Waals surface area contributed by atoms with Crippen molar-refractivity contribution in [2.45, 2.75) is 91.5 Å². The summed E-state index contributed by atoms with van der Waals surface area (Å²) in [5, 5.41) is 3.32. The van der Waals surface area contributed by atoms with Gasteiger partial charge in [-0.05, 0) is 26.2 Å². The van der Waals surface area contributed by atoms with Gasteiger partial charge in [-0.25, -0.2) is 0 Å². The van der Waals surface area contributed by atoms with Crippen LogP contribution in [0.15, 0.2) is 0 Å². The lowest BCUT2D eigenvalue weighted by molar-refractivity contribution is -0.130. The Hall–Kier alpha value is -0.570. The van der Waals surface area contributed by atoms with Gasteiger partial charge >= 0.3 is 0 Å². The summed E-state index contributed by atoms with van der Waals surface area (Å²) in [5.41, 5.74) is 0. The Morgan fingerprint density at radius 1 is 0.905 bits per heavy atom. The molecule has 0 aromatic heterocycles. The van der Waals surface area contributed by atoms with Crippen LogP contribution in [-0.2, 0) is 4.79 Å². The van der Waals surface area contributed by atoms with Crippen molar-refractivity contribution in [3.8, 4) is 0 Å². The van der Waals surface area contributed by atoms with Gasteiger partial charge in [0, 0.05) is 19.1 Å². The number of carbonyl (C=O) groups is 1. The first-order valence-electron chi connectivity index (χ1n) is 9.16. The first-order valence-corrected chi connectivity index (χ1v) is 9.16. The zero-order valence-electron chi connectivity index (χ0n) is 14.9. The fourth-order valence-electron chi connectivity index (χ4n) is 2.34. The van der Waals surface area contributed by atoms with E-state index in [-0.39, 0.29) is 5.91 Å². The van der Waals surface area contributed by atoms with Gasteiger partial charge in [0.25, 0.3) is 0 Å². The molecule has 1 N–H and O–H groups in total. The van der Waals surface area contributed by atoms with Crippen LogP contribution in [0.25, 0.3) is 0 Å². The van der Waals surface area contributed by atoms with Gasteiger partial charge in [0.05, 0.1) is 6.54 Å². The Balaban J connectivity index is 4.10. The van der Waals surface area contributed by atoms with Crippen LogP contribution in [0.1, 0.15) is 85.5 Å². The van der Waals surface area contributed by atoms with Crippen molar-refractivity contribution in [2.75, 3.05) is 19.6 Å². The van der Waals surface area contributed by atoms with Gasteiger partial charge in [-0.3, -0.25) is 4.79 Å². The molecule has 3 nitrogen and oxygen atoms in total. The predicted molar refractivity (Wildman–Crippen MR) is 92.6 cm³/mol. The maximum atomic E-state index is 12.4. The van der Waals surface area contributed by atoms with Crippen molar-refractivity contribution >= 4 is 5.91 Å². The van der Waals surface area contributed by atoms with Crippen LogP contribution in [0.4, 0.5) is 0 Å². The number of rotatable bonds is 14. The zero-order valence-corrected chi connectivity index (χ0v) is 14.9. The normalized spacial score (nSPS) is 12.4. The maximum Gasteiger partial charge on any atom is 0.236 e. The second-order valence-electron chi connectivity index (χ2n) is 6.19. The van der Waals surface area contributed by atoms with Crippen molar-refractivity contribution in [2.24, 2.45) is 0 Å². The smallest absolute Gasteiger partial charge is 0.236 e. The lowest BCUT2D eigenvalue weighted by atomic mass is 10.1. The number of hydrogen-bond donors (Lipinski definition) is 1. The highest BCUT2D eigenvalue weighted by atomic mass is 16.2. The summed E-state index contributed by atoms with van der Waals surface area (Å²) in [5.74, 6) is 0.281. The summed E-state index contributed by atoms with van der Waals surface area (Å²) in [6.07, 6.45) is 10.9. The summed E-state index contributed by atoms with van der Waals surface area (Å²) in [6.45, 7) is 11.1. The van der Waals surface area contributed by atoms with Crippen LogP contribution < -0.4 is 5.32 Å². The molecule has 0 aromatic rings. The Bertz CT molecular complexity index is 231. The van der Waals surface area contributed by atoms with Gasteiger partial charge < -0.3 is 10.2 Å². The molecule has 1 amide bonds. The zero-order chi connectivity index (χ0) is 15.9. The van der Waals surface area contributed by atoms with Crippen LogP contribution in [0.3, 0.4) is 0 Å². The highest BCUT2D eigenvalue weighted by molar-refractivity contribution is 5.78. The Labute approximate surface area is 132 Å². The molecule has 0 radical (unpaired) electrons. The molecule has 21 heavy (non-hydrogen) atoms. The van der Waals surface area contributed by atoms with Crippen LogP contribution in [0.2, 0.25) is 0 Å². The lowest BCUT2D eigenvalue weighted by Crippen LogP contribution is -2.41. The third kappa shape index (κ3) is 11.7. The summed E-state index contributed by atoms with van der Waals surface area (Å²) in [7, 11) is 0. The fourth-order valence-corrected chi connectivity index (χ4v) is 2.34. The van der Waals surface area contributed by atoms with E-state index in [1.54, 1.807) is 0 Å². The molecular formula is C18H38N2O. The van der Waals surface area contributed by atoms with E-state index in [1.807, 2.05) is 0 Å². The van der Waals surface area contributed by atoms with E-state index in [4.69, 9.17) is 0 Å². The van der Waals surface area contributed by atoms with Crippen molar-refractivity contribution in [3.05, 3.63) is 0 Å². The van der Waals surface area contributed by atoms with Crippen LogP contribution in [0.5, 0.6) is 0 Å². The van der Waals surface area contributed by atoms with Gasteiger partial charge in [-0.15, -0.1) is 0 Å². The third-order valence-electron chi connectivity index (χ3n) is 4.13. The molecular weight excluding hydrogens is 260 g/mol. The van der Waals surface area contributed by atoms with Crippen molar-refractivity contribution in [3.63, 3.8) is 0 Å². The Kier molecular flexibility index (Phi) is 14.0. The number of unbranched alkanes of at least 4 members (excludes halogenated alkanes) is 6. The summed E-state index contributed by atoms with van der Waals surface area (Å²) < 4.78 is 0. The topological polar surface area (TPSA) is 32.3 Å². The molecule has 1 unspecified atom stereocenters. The minimum absolute atomic E-state index is 0.281. The van der Waals surface area contributed by atoms with E-state index in [2.05, 4.69) is 37.9 Å². The standard InChI is InChI=1S/C18H38N2O/c1-5-8-10-12-14-20(15-13-11-9-6-2)18(21)16-19-17(4)7-3/h17,19H,5-16H2,1-4H3. The largest absolute Gasteiger partial charge is 0.342 e. The minimum Gasteiger partial charge on any atom is -0.342 e. The van der Waals surface area contributed by atoms with Crippen LogP contribution in [-0.4, -0.2) is 36.5 Å². The number of carbonyl (C=O) groups excluding carboxylic acids is 1. The van der Waals surface area contributed by atoms with Gasteiger partial charge in [0.1, 0.15) is 0 Å². The molecule has 0 aliphatic rings. The first-order chi connectivity index (χ1) is 10.2. The fraction of sp³-hybridized carbons (Fsp3) is 0.944. The quantitative estimate of drug-likeness (QED) is 0.483. The molecule has 0 rings (SSSR count). The third-order valence-corrected chi connectivity index (χ3v) is 4.13. The lowest BCUT2D eigenvalue weighted by Gasteiger charge is -2.24.